The molecule has 0 fully saturated rings. The average molecular weight is 504 g/mol. The molecular weight excluding hydrogens is 486 g/mol. The van der Waals surface area contributed by atoms with E-state index in [2.05, 4.69) is 0 Å². The van der Waals surface area contributed by atoms with Crippen LogP contribution in [0.15, 0.2) is 119 Å². The Hall–Kier alpha value is -1.61. The third kappa shape index (κ3) is 5.08. The maximum absolute atomic E-state index is 6.64. The summed E-state index contributed by atoms with van der Waals surface area (Å²) in [5, 5.41) is 0. The van der Waals surface area contributed by atoms with Gasteiger partial charge in [-0.1, -0.05) is 143 Å². The molecule has 156 valence electrons. The minimum atomic E-state index is -1.09. The van der Waals surface area contributed by atoms with E-state index in [9.17, 15) is 0 Å². The minimum absolute atomic E-state index is 0.832. The second-order valence-electron chi connectivity index (χ2n) is 7.03. The molecule has 0 aromatic heterocycles. The molecule has 0 atom stereocenters. The summed E-state index contributed by atoms with van der Waals surface area (Å²) in [4.78, 5) is 2.17. The van der Waals surface area contributed by atoms with E-state index in [0.29, 0.717) is 0 Å². The largest absolute Gasteiger partial charge is 0.168 e. The molecular formula is C26H18Cl4S. The van der Waals surface area contributed by atoms with Gasteiger partial charge in [0.05, 0.1) is 0 Å². The van der Waals surface area contributed by atoms with E-state index >= 15 is 0 Å². The van der Waals surface area contributed by atoms with Gasteiger partial charge in [-0.3, -0.25) is 0 Å². The lowest BCUT2D eigenvalue weighted by Crippen LogP contribution is -2.12. The Morgan fingerprint density at radius 2 is 0.677 bits per heavy atom. The van der Waals surface area contributed by atoms with Crippen molar-refractivity contribution in [1.82, 2.24) is 0 Å². The van der Waals surface area contributed by atoms with Gasteiger partial charge < -0.3 is 0 Å². The topological polar surface area (TPSA) is 0 Å². The van der Waals surface area contributed by atoms with Gasteiger partial charge in [0.15, 0.2) is 8.67 Å². The number of hydrogen-bond acceptors (Lipinski definition) is 1. The van der Waals surface area contributed by atoms with E-state index in [-0.39, 0.29) is 0 Å². The molecule has 0 aliphatic heterocycles. The van der Waals surface area contributed by atoms with Crippen LogP contribution in [0.25, 0.3) is 0 Å². The number of alkyl halides is 4. The molecule has 0 nitrogen and oxygen atoms in total. The van der Waals surface area contributed by atoms with Gasteiger partial charge in [0.2, 0.25) is 0 Å². The van der Waals surface area contributed by atoms with Gasteiger partial charge in [-0.15, -0.1) is 0 Å². The van der Waals surface area contributed by atoms with Crippen molar-refractivity contribution in [2.45, 2.75) is 18.5 Å². The highest BCUT2D eigenvalue weighted by Crippen LogP contribution is 2.43. The van der Waals surface area contributed by atoms with Crippen molar-refractivity contribution in [2.24, 2.45) is 0 Å². The van der Waals surface area contributed by atoms with Gasteiger partial charge >= 0.3 is 0 Å². The fourth-order valence-corrected chi connectivity index (χ4v) is 5.05. The highest BCUT2D eigenvalue weighted by Gasteiger charge is 2.29. The lowest BCUT2D eigenvalue weighted by Gasteiger charge is -2.21. The van der Waals surface area contributed by atoms with Gasteiger partial charge in [-0.2, -0.15) is 0 Å². The van der Waals surface area contributed by atoms with E-state index < -0.39 is 8.67 Å². The van der Waals surface area contributed by atoms with Crippen molar-refractivity contribution in [3.63, 3.8) is 0 Å². The predicted octanol–water partition coefficient (Wildman–Crippen LogP) is 9.20. The summed E-state index contributed by atoms with van der Waals surface area (Å²) in [5.74, 6) is 0. The summed E-state index contributed by atoms with van der Waals surface area (Å²) in [7, 11) is 0. The summed E-state index contributed by atoms with van der Waals surface area (Å²) in [6.45, 7) is 0. The number of benzene rings is 4. The second kappa shape index (κ2) is 9.48. The normalized spacial score (nSPS) is 12.0. The maximum Gasteiger partial charge on any atom is 0.168 e. The first-order valence-electron chi connectivity index (χ1n) is 9.63. The summed E-state index contributed by atoms with van der Waals surface area (Å²) in [6.07, 6.45) is 0. The molecule has 0 spiro atoms. The van der Waals surface area contributed by atoms with Crippen molar-refractivity contribution in [3.05, 3.63) is 131 Å². The fourth-order valence-electron chi connectivity index (χ4n) is 3.23. The first-order chi connectivity index (χ1) is 14.9. The molecule has 0 aliphatic carbocycles. The highest BCUT2D eigenvalue weighted by atomic mass is 35.5. The van der Waals surface area contributed by atoms with E-state index in [1.165, 1.54) is 0 Å². The molecule has 5 heteroatoms. The highest BCUT2D eigenvalue weighted by molar-refractivity contribution is 7.99. The number of hydrogen-bond donors (Lipinski definition) is 0. The Kier molecular flexibility index (Phi) is 6.91. The van der Waals surface area contributed by atoms with Crippen molar-refractivity contribution in [2.75, 3.05) is 0 Å². The third-order valence-corrected chi connectivity index (χ3v) is 7.70. The lowest BCUT2D eigenvalue weighted by atomic mass is 10.0. The molecule has 0 bridgehead atoms. The molecule has 0 amide bonds. The molecule has 4 aromatic rings. The average Bonchev–Trinajstić information content (AvgIpc) is 2.81. The van der Waals surface area contributed by atoms with E-state index in [1.54, 1.807) is 11.8 Å². The Morgan fingerprint density at radius 3 is 1.00 bits per heavy atom. The van der Waals surface area contributed by atoms with Crippen LogP contribution in [0.2, 0.25) is 0 Å². The fraction of sp³-hybridized carbons (Fsp3) is 0.0769. The van der Waals surface area contributed by atoms with Crippen LogP contribution >= 0.6 is 58.2 Å². The Bertz CT molecular complexity index is 1030. The Balaban J connectivity index is 1.49. The quantitative estimate of drug-likeness (QED) is 0.236. The monoisotopic (exact) mass is 502 g/mol. The second-order valence-corrected chi connectivity index (χ2v) is 10.8. The van der Waals surface area contributed by atoms with Crippen LogP contribution in [-0.4, -0.2) is 0 Å². The van der Waals surface area contributed by atoms with Crippen LogP contribution < -0.4 is 0 Å². The summed E-state index contributed by atoms with van der Waals surface area (Å²) in [6, 6.07) is 35.2. The van der Waals surface area contributed by atoms with Crippen molar-refractivity contribution >= 4 is 58.2 Å². The molecule has 4 rings (SSSR count). The van der Waals surface area contributed by atoms with Gasteiger partial charge in [-0.05, 0) is 46.5 Å². The maximum atomic E-state index is 6.64. The van der Waals surface area contributed by atoms with E-state index in [1.807, 2.05) is 109 Å². The standard InChI is InChI=1S/C26H18Cl4S/c27-25(28,19-7-3-1-4-8-19)21-11-15-23(16-12-21)31-24-17-13-22(14-18-24)26(29,30)20-9-5-2-6-10-20/h1-18H. The number of rotatable bonds is 6. The zero-order valence-corrected chi connectivity index (χ0v) is 20.2. The van der Waals surface area contributed by atoms with Crippen LogP contribution in [-0.2, 0) is 8.67 Å². The van der Waals surface area contributed by atoms with Gasteiger partial charge in [-0.25, -0.2) is 0 Å². The molecule has 4 aromatic carbocycles. The van der Waals surface area contributed by atoms with Crippen LogP contribution in [0.5, 0.6) is 0 Å². The summed E-state index contributed by atoms with van der Waals surface area (Å²) < 4.78 is -2.18. The zero-order valence-electron chi connectivity index (χ0n) is 16.3. The molecule has 31 heavy (non-hydrogen) atoms. The molecule has 0 aliphatic rings. The van der Waals surface area contributed by atoms with Gasteiger partial charge in [0.25, 0.3) is 0 Å². The summed E-state index contributed by atoms with van der Waals surface area (Å²) >= 11 is 28.2. The number of halogens is 4. The minimum Gasteiger partial charge on any atom is -0.0909 e. The zero-order chi connectivity index (χ0) is 21.9. The Labute approximate surface area is 207 Å². The van der Waals surface area contributed by atoms with E-state index in [0.717, 1.165) is 32.0 Å². The van der Waals surface area contributed by atoms with Crippen LogP contribution in [0.4, 0.5) is 0 Å². The lowest BCUT2D eigenvalue weighted by molar-refractivity contribution is 1.03. The van der Waals surface area contributed by atoms with Crippen LogP contribution in [0.1, 0.15) is 22.3 Å². The van der Waals surface area contributed by atoms with Crippen molar-refractivity contribution in [1.29, 1.82) is 0 Å². The first-order valence-corrected chi connectivity index (χ1v) is 12.0. The van der Waals surface area contributed by atoms with Crippen LogP contribution in [0.3, 0.4) is 0 Å². The molecule has 0 saturated heterocycles. The van der Waals surface area contributed by atoms with Crippen LogP contribution in [0, 0.1) is 0 Å². The smallest absolute Gasteiger partial charge is 0.0909 e. The molecule has 0 radical (unpaired) electrons. The molecule has 0 saturated carbocycles. The molecule has 0 heterocycles. The van der Waals surface area contributed by atoms with Crippen molar-refractivity contribution in [3.8, 4) is 0 Å². The SMILES string of the molecule is ClC(Cl)(c1ccccc1)c1ccc(Sc2ccc(C(Cl)(Cl)c3ccccc3)cc2)cc1. The van der Waals surface area contributed by atoms with E-state index in [4.69, 9.17) is 46.4 Å². The Morgan fingerprint density at radius 1 is 0.387 bits per heavy atom. The third-order valence-electron chi connectivity index (χ3n) is 4.94. The van der Waals surface area contributed by atoms with Gasteiger partial charge in [0, 0.05) is 9.79 Å². The first kappa shape index (κ1) is 22.6. The molecule has 0 N–H and O–H groups in total. The predicted molar refractivity (Wildman–Crippen MR) is 135 cm³/mol. The summed E-state index contributed by atoms with van der Waals surface area (Å²) in [5.41, 5.74) is 3.36. The molecule has 0 unspecified atom stereocenters. The van der Waals surface area contributed by atoms with Gasteiger partial charge in [0.1, 0.15) is 0 Å². The van der Waals surface area contributed by atoms with Crippen molar-refractivity contribution < 1.29 is 0 Å².